The third-order valence-electron chi connectivity index (χ3n) is 3.82. The lowest BCUT2D eigenvalue weighted by molar-refractivity contribution is 0.104. The van der Waals surface area contributed by atoms with Crippen molar-refractivity contribution in [2.75, 3.05) is 23.7 Å². The average Bonchev–Trinajstić information content (AvgIpc) is 2.66. The maximum Gasteiger partial charge on any atom is 0.232 e. The van der Waals surface area contributed by atoms with E-state index in [1.54, 1.807) is 37.3 Å². The maximum atomic E-state index is 12.3. The zero-order valence-electron chi connectivity index (χ0n) is 14.3. The smallest absolute Gasteiger partial charge is 0.232 e. The molecule has 136 valence electrons. The Hall–Kier alpha value is -2.80. The highest BCUT2D eigenvalue weighted by Crippen LogP contribution is 2.31. The third-order valence-corrected chi connectivity index (χ3v) is 5.12. The Bertz CT molecular complexity index is 933. The van der Waals surface area contributed by atoms with E-state index >= 15 is 0 Å². The largest absolute Gasteiger partial charge is 0.486 e. The van der Waals surface area contributed by atoms with Gasteiger partial charge in [0.15, 0.2) is 17.3 Å². The van der Waals surface area contributed by atoms with Gasteiger partial charge in [0.05, 0.1) is 5.75 Å². The molecule has 3 rings (SSSR count). The van der Waals surface area contributed by atoms with E-state index in [-0.39, 0.29) is 11.5 Å². The summed E-state index contributed by atoms with van der Waals surface area (Å²) in [5.41, 5.74) is 1.73. The zero-order chi connectivity index (χ0) is 18.6. The topological polar surface area (TPSA) is 81.7 Å². The van der Waals surface area contributed by atoms with Crippen LogP contribution in [-0.2, 0) is 10.0 Å². The molecule has 1 aliphatic rings. The van der Waals surface area contributed by atoms with Crippen molar-refractivity contribution in [3.8, 4) is 11.5 Å². The lowest BCUT2D eigenvalue weighted by Gasteiger charge is -2.18. The minimum absolute atomic E-state index is 0.00798. The van der Waals surface area contributed by atoms with Gasteiger partial charge in [-0.3, -0.25) is 9.52 Å². The third kappa shape index (κ3) is 4.43. The summed E-state index contributed by atoms with van der Waals surface area (Å²) in [5.74, 6) is 1.18. The summed E-state index contributed by atoms with van der Waals surface area (Å²) in [4.78, 5) is 12.3. The molecule has 0 bridgehead atoms. The van der Waals surface area contributed by atoms with Crippen molar-refractivity contribution in [3.05, 3.63) is 59.7 Å². The molecule has 0 fully saturated rings. The summed E-state index contributed by atoms with van der Waals surface area (Å²) < 4.78 is 36.5. The van der Waals surface area contributed by atoms with E-state index in [1.165, 1.54) is 6.08 Å². The highest BCUT2D eigenvalue weighted by atomic mass is 32.2. The molecule has 0 aliphatic carbocycles. The molecule has 7 heteroatoms. The Balaban J connectivity index is 1.69. The van der Waals surface area contributed by atoms with E-state index in [9.17, 15) is 13.2 Å². The number of benzene rings is 2. The van der Waals surface area contributed by atoms with E-state index < -0.39 is 10.0 Å². The number of allylic oxidation sites excluding steroid dienone is 1. The van der Waals surface area contributed by atoms with Crippen LogP contribution in [0.25, 0.3) is 6.08 Å². The van der Waals surface area contributed by atoms with Gasteiger partial charge >= 0.3 is 0 Å². The number of carbonyl (C=O) groups excluding carboxylic acids is 1. The minimum Gasteiger partial charge on any atom is -0.486 e. The monoisotopic (exact) mass is 373 g/mol. The molecule has 1 N–H and O–H groups in total. The number of ether oxygens (including phenoxy) is 2. The van der Waals surface area contributed by atoms with Gasteiger partial charge in [-0.25, -0.2) is 8.42 Å². The van der Waals surface area contributed by atoms with Crippen LogP contribution < -0.4 is 14.2 Å². The first-order valence-corrected chi connectivity index (χ1v) is 9.85. The van der Waals surface area contributed by atoms with Gasteiger partial charge in [-0.2, -0.15) is 0 Å². The Labute approximate surface area is 152 Å². The molecule has 0 aromatic heterocycles. The second-order valence-electron chi connectivity index (χ2n) is 5.68. The second-order valence-corrected chi connectivity index (χ2v) is 7.69. The summed E-state index contributed by atoms with van der Waals surface area (Å²) in [5, 5.41) is 0. The van der Waals surface area contributed by atoms with Crippen molar-refractivity contribution < 1.29 is 22.7 Å². The van der Waals surface area contributed by atoms with Crippen molar-refractivity contribution in [2.24, 2.45) is 0 Å². The normalized spacial score (nSPS) is 13.6. The molecule has 26 heavy (non-hydrogen) atoms. The molecule has 0 unspecified atom stereocenters. The molecule has 1 aliphatic heterocycles. The molecule has 0 saturated carbocycles. The van der Waals surface area contributed by atoms with Crippen molar-refractivity contribution in [1.29, 1.82) is 0 Å². The molecule has 6 nitrogen and oxygen atoms in total. The molecule has 0 atom stereocenters. The van der Waals surface area contributed by atoms with Crippen LogP contribution >= 0.6 is 0 Å². The Kier molecular flexibility index (Phi) is 5.27. The number of hydrogen-bond acceptors (Lipinski definition) is 5. The van der Waals surface area contributed by atoms with Gasteiger partial charge in [0.1, 0.15) is 13.2 Å². The zero-order valence-corrected chi connectivity index (χ0v) is 15.1. The van der Waals surface area contributed by atoms with Crippen LogP contribution in [0.15, 0.2) is 48.5 Å². The summed E-state index contributed by atoms with van der Waals surface area (Å²) in [6, 6.07) is 11.8. The van der Waals surface area contributed by atoms with Gasteiger partial charge in [-0.05, 0) is 55.0 Å². The minimum atomic E-state index is -3.33. The van der Waals surface area contributed by atoms with Gasteiger partial charge in [0, 0.05) is 11.3 Å². The molecular weight excluding hydrogens is 354 g/mol. The van der Waals surface area contributed by atoms with Gasteiger partial charge in [-0.15, -0.1) is 0 Å². The first-order chi connectivity index (χ1) is 12.5. The summed E-state index contributed by atoms with van der Waals surface area (Å²) in [6.07, 6.45) is 3.17. The van der Waals surface area contributed by atoms with Gasteiger partial charge in [0.2, 0.25) is 10.0 Å². The fourth-order valence-electron chi connectivity index (χ4n) is 2.39. The molecule has 0 radical (unpaired) electrons. The molecule has 0 amide bonds. The summed E-state index contributed by atoms with van der Waals surface area (Å²) in [6.45, 7) is 2.60. The first kappa shape index (κ1) is 18.0. The fourth-order valence-corrected chi connectivity index (χ4v) is 3.03. The molecule has 2 aromatic rings. The first-order valence-electron chi connectivity index (χ1n) is 8.19. The number of nitrogens with one attached hydrogen (secondary N) is 1. The maximum absolute atomic E-state index is 12.3. The van der Waals surface area contributed by atoms with Crippen LogP contribution in [0.2, 0.25) is 0 Å². The standard InChI is InChI=1S/C19H19NO5S/c1-2-26(22,23)20-16-7-5-15(6-8-16)17(21)9-3-14-4-10-18-19(13-14)25-12-11-24-18/h3-10,13,20H,2,11-12H2,1H3. The predicted octanol–water partition coefficient (Wildman–Crippen LogP) is 3.12. The Morgan fingerprint density at radius 2 is 1.77 bits per heavy atom. The summed E-state index contributed by atoms with van der Waals surface area (Å²) in [7, 11) is -3.33. The van der Waals surface area contributed by atoms with E-state index in [2.05, 4.69) is 4.72 Å². The number of sulfonamides is 1. The van der Waals surface area contributed by atoms with Gasteiger partial charge in [-0.1, -0.05) is 12.1 Å². The number of ketones is 1. The fraction of sp³-hybridized carbons (Fsp3) is 0.211. The van der Waals surface area contributed by atoms with E-state index in [0.29, 0.717) is 36.0 Å². The molecule has 1 heterocycles. The molecule has 0 spiro atoms. The van der Waals surface area contributed by atoms with Crippen LogP contribution in [0, 0.1) is 0 Å². The van der Waals surface area contributed by atoms with E-state index in [4.69, 9.17) is 9.47 Å². The van der Waals surface area contributed by atoms with Crippen LogP contribution in [0.5, 0.6) is 11.5 Å². The lowest BCUT2D eigenvalue weighted by Crippen LogP contribution is -2.15. The predicted molar refractivity (Wildman–Crippen MR) is 100 cm³/mol. The second kappa shape index (κ2) is 7.61. The Morgan fingerprint density at radius 3 is 2.46 bits per heavy atom. The van der Waals surface area contributed by atoms with Crippen LogP contribution in [0.1, 0.15) is 22.8 Å². The number of fused-ring (bicyclic) bond motifs is 1. The van der Waals surface area contributed by atoms with Gasteiger partial charge in [0.25, 0.3) is 0 Å². The molecular formula is C19H19NO5S. The van der Waals surface area contributed by atoms with Crippen molar-refractivity contribution >= 4 is 27.6 Å². The van der Waals surface area contributed by atoms with Crippen LogP contribution in [0.4, 0.5) is 5.69 Å². The lowest BCUT2D eigenvalue weighted by atomic mass is 10.1. The highest BCUT2D eigenvalue weighted by molar-refractivity contribution is 7.92. The molecule has 0 saturated heterocycles. The van der Waals surface area contributed by atoms with Gasteiger partial charge < -0.3 is 9.47 Å². The van der Waals surface area contributed by atoms with E-state index in [1.807, 2.05) is 18.2 Å². The quantitative estimate of drug-likeness (QED) is 0.621. The van der Waals surface area contributed by atoms with Crippen LogP contribution in [-0.4, -0.2) is 33.2 Å². The number of hydrogen-bond donors (Lipinski definition) is 1. The van der Waals surface area contributed by atoms with Crippen molar-refractivity contribution in [3.63, 3.8) is 0 Å². The van der Waals surface area contributed by atoms with Crippen LogP contribution in [0.3, 0.4) is 0 Å². The highest BCUT2D eigenvalue weighted by Gasteiger charge is 2.11. The summed E-state index contributed by atoms with van der Waals surface area (Å²) >= 11 is 0. The number of rotatable bonds is 6. The average molecular weight is 373 g/mol. The number of carbonyl (C=O) groups is 1. The Morgan fingerprint density at radius 1 is 1.08 bits per heavy atom. The SMILES string of the molecule is CCS(=O)(=O)Nc1ccc(C(=O)C=Cc2ccc3c(c2)OCCO3)cc1. The van der Waals surface area contributed by atoms with Crippen molar-refractivity contribution in [1.82, 2.24) is 0 Å². The number of anilines is 1. The van der Waals surface area contributed by atoms with E-state index in [0.717, 1.165) is 5.56 Å². The van der Waals surface area contributed by atoms with Crippen molar-refractivity contribution in [2.45, 2.75) is 6.92 Å². The molecule has 2 aromatic carbocycles.